The standard InChI is InChI=1S/C10H10N2O2S/c1-6(13)12-9-4-3-7(14-2)5-8(9)11-10(12)15/h3-5H,1-2H3,(H,11,15). The molecule has 0 aliphatic heterocycles. The first-order valence-corrected chi connectivity index (χ1v) is 4.84. The van der Waals surface area contributed by atoms with Crippen molar-refractivity contribution in [3.63, 3.8) is 0 Å². The molecule has 0 atom stereocenters. The van der Waals surface area contributed by atoms with Crippen LogP contribution >= 0.6 is 12.2 Å². The minimum atomic E-state index is -0.101. The molecule has 0 radical (unpaired) electrons. The molecule has 15 heavy (non-hydrogen) atoms. The third-order valence-corrected chi connectivity index (χ3v) is 2.49. The molecule has 0 unspecified atom stereocenters. The van der Waals surface area contributed by atoms with Crippen molar-refractivity contribution in [3.05, 3.63) is 23.0 Å². The molecule has 0 amide bonds. The summed E-state index contributed by atoms with van der Waals surface area (Å²) in [5.41, 5.74) is 1.57. The number of aromatic amines is 1. The van der Waals surface area contributed by atoms with E-state index >= 15 is 0 Å². The van der Waals surface area contributed by atoms with Gasteiger partial charge in [0.1, 0.15) is 5.75 Å². The summed E-state index contributed by atoms with van der Waals surface area (Å²) in [5.74, 6) is 0.630. The number of carbonyl (C=O) groups is 1. The van der Waals surface area contributed by atoms with Crippen LogP contribution < -0.4 is 4.74 Å². The van der Waals surface area contributed by atoms with Gasteiger partial charge in [-0.1, -0.05) is 0 Å². The van der Waals surface area contributed by atoms with Crippen LogP contribution in [0.1, 0.15) is 11.7 Å². The molecule has 0 bridgehead atoms. The number of aromatic nitrogens is 2. The highest BCUT2D eigenvalue weighted by molar-refractivity contribution is 7.71. The first-order chi connectivity index (χ1) is 7.13. The maximum Gasteiger partial charge on any atom is 0.230 e. The van der Waals surface area contributed by atoms with E-state index in [-0.39, 0.29) is 5.91 Å². The molecule has 0 aliphatic carbocycles. The van der Waals surface area contributed by atoms with E-state index in [0.717, 1.165) is 16.8 Å². The lowest BCUT2D eigenvalue weighted by Crippen LogP contribution is -2.04. The van der Waals surface area contributed by atoms with Gasteiger partial charge in [0.25, 0.3) is 0 Å². The fourth-order valence-corrected chi connectivity index (χ4v) is 1.87. The average Bonchev–Trinajstić information content (AvgIpc) is 2.52. The van der Waals surface area contributed by atoms with Crippen molar-refractivity contribution < 1.29 is 9.53 Å². The van der Waals surface area contributed by atoms with Gasteiger partial charge in [-0.05, 0) is 24.4 Å². The van der Waals surface area contributed by atoms with E-state index < -0.39 is 0 Å². The molecule has 0 fully saturated rings. The monoisotopic (exact) mass is 222 g/mol. The number of carbonyl (C=O) groups excluding carboxylic acids is 1. The van der Waals surface area contributed by atoms with Crippen LogP contribution in [0.5, 0.6) is 5.75 Å². The van der Waals surface area contributed by atoms with E-state index in [9.17, 15) is 4.79 Å². The number of imidazole rings is 1. The Labute approximate surface area is 91.5 Å². The second-order valence-corrected chi connectivity index (χ2v) is 3.55. The van der Waals surface area contributed by atoms with Crippen LogP contribution in [0.15, 0.2) is 18.2 Å². The van der Waals surface area contributed by atoms with E-state index in [0.29, 0.717) is 4.77 Å². The molecule has 5 heteroatoms. The molecule has 4 nitrogen and oxygen atoms in total. The third kappa shape index (κ3) is 1.55. The Morgan fingerprint density at radius 2 is 2.27 bits per heavy atom. The van der Waals surface area contributed by atoms with Crippen molar-refractivity contribution in [1.29, 1.82) is 0 Å². The zero-order valence-corrected chi connectivity index (χ0v) is 9.22. The van der Waals surface area contributed by atoms with Gasteiger partial charge in [-0.2, -0.15) is 0 Å². The lowest BCUT2D eigenvalue weighted by atomic mass is 10.3. The van der Waals surface area contributed by atoms with E-state index in [2.05, 4.69) is 4.98 Å². The lowest BCUT2D eigenvalue weighted by molar-refractivity contribution is 0.0939. The first-order valence-electron chi connectivity index (χ1n) is 4.43. The quantitative estimate of drug-likeness (QED) is 0.753. The third-order valence-electron chi connectivity index (χ3n) is 2.20. The highest BCUT2D eigenvalue weighted by Crippen LogP contribution is 2.20. The lowest BCUT2D eigenvalue weighted by Gasteiger charge is -2.00. The summed E-state index contributed by atoms with van der Waals surface area (Å²) in [4.78, 5) is 14.3. The topological polar surface area (TPSA) is 47.0 Å². The Kier molecular flexibility index (Phi) is 2.32. The van der Waals surface area contributed by atoms with Crippen molar-refractivity contribution >= 4 is 29.2 Å². The number of hydrogen-bond donors (Lipinski definition) is 1. The molecular formula is C10H10N2O2S. The normalized spacial score (nSPS) is 10.5. The fourth-order valence-electron chi connectivity index (χ4n) is 1.53. The zero-order valence-electron chi connectivity index (χ0n) is 8.40. The SMILES string of the molecule is COc1ccc2c(c1)[nH]c(=S)n2C(C)=O. The minimum Gasteiger partial charge on any atom is -0.497 e. The summed E-state index contributed by atoms with van der Waals surface area (Å²) in [6.07, 6.45) is 0. The van der Waals surface area contributed by atoms with Crippen LogP contribution in [0, 0.1) is 4.77 Å². The molecule has 0 saturated carbocycles. The molecule has 1 aromatic heterocycles. The summed E-state index contributed by atoms with van der Waals surface area (Å²) in [6.45, 7) is 1.48. The van der Waals surface area contributed by atoms with Gasteiger partial charge in [0.15, 0.2) is 4.77 Å². The molecule has 2 aromatic rings. The van der Waals surface area contributed by atoms with Crippen molar-refractivity contribution in [1.82, 2.24) is 9.55 Å². The molecule has 1 aromatic carbocycles. The Morgan fingerprint density at radius 3 is 2.87 bits per heavy atom. The van der Waals surface area contributed by atoms with Gasteiger partial charge < -0.3 is 9.72 Å². The first kappa shape index (κ1) is 9.92. The van der Waals surface area contributed by atoms with Crippen LogP contribution in [0.4, 0.5) is 0 Å². The number of ether oxygens (including phenoxy) is 1. The number of benzene rings is 1. The molecule has 1 N–H and O–H groups in total. The highest BCUT2D eigenvalue weighted by Gasteiger charge is 2.08. The van der Waals surface area contributed by atoms with Crippen molar-refractivity contribution in [2.75, 3.05) is 7.11 Å². The van der Waals surface area contributed by atoms with Crippen LogP contribution in [-0.4, -0.2) is 22.6 Å². The van der Waals surface area contributed by atoms with Crippen LogP contribution in [0.25, 0.3) is 11.0 Å². The van der Waals surface area contributed by atoms with Gasteiger partial charge in [0.2, 0.25) is 5.91 Å². The van der Waals surface area contributed by atoms with Gasteiger partial charge >= 0.3 is 0 Å². The van der Waals surface area contributed by atoms with Gasteiger partial charge in [0.05, 0.1) is 18.1 Å². The van der Waals surface area contributed by atoms with Gasteiger partial charge in [-0.15, -0.1) is 0 Å². The number of hydrogen-bond acceptors (Lipinski definition) is 3. The molecule has 78 valence electrons. The van der Waals surface area contributed by atoms with E-state index in [1.54, 1.807) is 13.2 Å². The van der Waals surface area contributed by atoms with E-state index in [1.165, 1.54) is 11.5 Å². The second-order valence-electron chi connectivity index (χ2n) is 3.17. The number of nitrogens with zero attached hydrogens (tertiary/aromatic N) is 1. The molecule has 2 rings (SSSR count). The number of fused-ring (bicyclic) bond motifs is 1. The maximum absolute atomic E-state index is 11.3. The molecule has 0 saturated heterocycles. The summed E-state index contributed by atoms with van der Waals surface area (Å²) < 4.78 is 6.95. The van der Waals surface area contributed by atoms with Gasteiger partial charge in [-0.3, -0.25) is 9.36 Å². The largest absolute Gasteiger partial charge is 0.497 e. The summed E-state index contributed by atoms with van der Waals surface area (Å²) >= 11 is 5.05. The van der Waals surface area contributed by atoms with Crippen molar-refractivity contribution in [2.24, 2.45) is 0 Å². The maximum atomic E-state index is 11.3. The Bertz CT molecular complexity index is 583. The van der Waals surface area contributed by atoms with E-state index in [1.807, 2.05) is 12.1 Å². The Hall–Kier alpha value is -1.62. The van der Waals surface area contributed by atoms with Gasteiger partial charge in [0, 0.05) is 13.0 Å². The van der Waals surface area contributed by atoms with Crippen molar-refractivity contribution in [3.8, 4) is 5.75 Å². The van der Waals surface area contributed by atoms with Crippen LogP contribution in [0.3, 0.4) is 0 Å². The number of nitrogens with one attached hydrogen (secondary N) is 1. The van der Waals surface area contributed by atoms with Crippen LogP contribution in [-0.2, 0) is 0 Å². The number of rotatable bonds is 1. The second kappa shape index (κ2) is 3.51. The van der Waals surface area contributed by atoms with Crippen molar-refractivity contribution in [2.45, 2.75) is 6.92 Å². The Morgan fingerprint density at radius 1 is 1.53 bits per heavy atom. The molecule has 0 spiro atoms. The predicted octanol–water partition coefficient (Wildman–Crippen LogP) is 2.37. The minimum absolute atomic E-state index is 0.101. The molecule has 0 aliphatic rings. The molecular weight excluding hydrogens is 212 g/mol. The number of methoxy groups -OCH3 is 1. The van der Waals surface area contributed by atoms with E-state index in [4.69, 9.17) is 17.0 Å². The Balaban J connectivity index is 2.80. The summed E-state index contributed by atoms with van der Waals surface area (Å²) in [6, 6.07) is 5.41. The zero-order chi connectivity index (χ0) is 11.0. The fraction of sp³-hybridized carbons (Fsp3) is 0.200. The predicted molar refractivity (Wildman–Crippen MR) is 60.0 cm³/mol. The average molecular weight is 222 g/mol. The van der Waals surface area contributed by atoms with Crippen LogP contribution in [0.2, 0.25) is 0 Å². The van der Waals surface area contributed by atoms with Gasteiger partial charge in [-0.25, -0.2) is 0 Å². The summed E-state index contributed by atoms with van der Waals surface area (Å²) in [5, 5.41) is 0. The highest BCUT2D eigenvalue weighted by atomic mass is 32.1. The molecule has 1 heterocycles. The number of H-pyrrole nitrogens is 1. The summed E-state index contributed by atoms with van der Waals surface area (Å²) in [7, 11) is 1.59. The smallest absolute Gasteiger partial charge is 0.230 e.